The summed E-state index contributed by atoms with van der Waals surface area (Å²) in [4.78, 5) is 13.0. The van der Waals surface area contributed by atoms with Crippen LogP contribution in [0.3, 0.4) is 0 Å². The minimum atomic E-state index is -4.44. The van der Waals surface area contributed by atoms with Gasteiger partial charge in [0, 0.05) is 37.1 Å². The highest BCUT2D eigenvalue weighted by molar-refractivity contribution is 5.77. The predicted molar refractivity (Wildman–Crippen MR) is 75.8 cm³/mol. The van der Waals surface area contributed by atoms with Crippen LogP contribution in [0.5, 0.6) is 0 Å². The Hall–Kier alpha value is -2.51. The van der Waals surface area contributed by atoms with E-state index in [9.17, 15) is 18.0 Å². The van der Waals surface area contributed by atoms with Crippen molar-refractivity contribution in [2.24, 2.45) is 0 Å². The first-order chi connectivity index (χ1) is 10.2. The zero-order valence-corrected chi connectivity index (χ0v) is 12.1. The van der Waals surface area contributed by atoms with Gasteiger partial charge in [0.05, 0.1) is 11.8 Å². The van der Waals surface area contributed by atoms with Crippen LogP contribution in [-0.4, -0.2) is 34.7 Å². The lowest BCUT2D eigenvalue weighted by Crippen LogP contribution is -2.26. The number of carbonyl (C=O) groups is 1. The second kappa shape index (κ2) is 5.70. The molecule has 22 heavy (non-hydrogen) atoms. The molecule has 1 heterocycles. The average molecular weight is 312 g/mol. The molecule has 2 N–H and O–H groups in total. The van der Waals surface area contributed by atoms with Crippen LogP contribution in [0.15, 0.2) is 30.6 Å². The van der Waals surface area contributed by atoms with Gasteiger partial charge in [-0.2, -0.15) is 18.3 Å². The van der Waals surface area contributed by atoms with Crippen molar-refractivity contribution in [1.82, 2.24) is 14.7 Å². The summed E-state index contributed by atoms with van der Waals surface area (Å²) < 4.78 is 39.2. The molecule has 0 fully saturated rings. The first-order valence-electron chi connectivity index (χ1n) is 6.38. The van der Waals surface area contributed by atoms with E-state index >= 15 is 0 Å². The number of hydrogen-bond acceptors (Lipinski definition) is 3. The predicted octanol–water partition coefficient (Wildman–Crippen LogP) is 2.24. The van der Waals surface area contributed by atoms with Gasteiger partial charge in [0.15, 0.2) is 0 Å². The van der Waals surface area contributed by atoms with Crippen molar-refractivity contribution in [1.29, 1.82) is 0 Å². The van der Waals surface area contributed by atoms with Crippen molar-refractivity contribution in [3.8, 4) is 11.1 Å². The van der Waals surface area contributed by atoms with E-state index in [-0.39, 0.29) is 18.1 Å². The molecular weight excluding hydrogens is 297 g/mol. The van der Waals surface area contributed by atoms with Crippen molar-refractivity contribution >= 4 is 11.6 Å². The number of likely N-dealkylation sites (N-methyl/N-ethyl adjacent to an activating group) is 1. The van der Waals surface area contributed by atoms with Crippen molar-refractivity contribution in [3.05, 3.63) is 36.2 Å². The number of aromatic nitrogens is 2. The van der Waals surface area contributed by atoms with Gasteiger partial charge in [-0.05, 0) is 12.1 Å². The Balaban J connectivity index is 2.26. The van der Waals surface area contributed by atoms with Gasteiger partial charge in [0.25, 0.3) is 0 Å². The van der Waals surface area contributed by atoms with E-state index in [0.717, 1.165) is 12.1 Å². The highest BCUT2D eigenvalue weighted by Crippen LogP contribution is 2.34. The van der Waals surface area contributed by atoms with E-state index in [1.54, 1.807) is 20.3 Å². The summed E-state index contributed by atoms with van der Waals surface area (Å²) in [5.74, 6) is -0.143. The number of hydrogen-bond donors (Lipinski definition) is 1. The van der Waals surface area contributed by atoms with Crippen molar-refractivity contribution in [2.45, 2.75) is 12.7 Å². The highest BCUT2D eigenvalue weighted by atomic mass is 19.4. The molecule has 0 aliphatic heterocycles. The number of benzene rings is 1. The third kappa shape index (κ3) is 3.38. The van der Waals surface area contributed by atoms with Crippen LogP contribution in [0, 0.1) is 0 Å². The SMILES string of the molecule is CN(C)C(=O)Cn1cc(-c2ccc(C(F)(F)F)cc2N)cn1. The molecule has 0 saturated heterocycles. The van der Waals surface area contributed by atoms with Crippen molar-refractivity contribution < 1.29 is 18.0 Å². The van der Waals surface area contributed by atoms with Crippen LogP contribution in [0.4, 0.5) is 18.9 Å². The first kappa shape index (κ1) is 15.9. The largest absolute Gasteiger partial charge is 0.416 e. The lowest BCUT2D eigenvalue weighted by Gasteiger charge is -2.10. The maximum absolute atomic E-state index is 12.6. The van der Waals surface area contributed by atoms with E-state index < -0.39 is 11.7 Å². The molecule has 0 unspecified atom stereocenters. The molecule has 118 valence electrons. The standard InChI is InChI=1S/C14H15F3N4O/c1-20(2)13(22)8-21-7-9(6-19-21)11-4-3-10(5-12(11)18)14(15,16)17/h3-7H,8,18H2,1-2H3. The molecule has 8 heteroatoms. The molecule has 2 aromatic rings. The van der Waals surface area contributed by atoms with Gasteiger partial charge >= 0.3 is 6.18 Å². The molecule has 1 amide bonds. The molecular formula is C14H15F3N4O. The molecule has 0 saturated carbocycles. The van der Waals surface area contributed by atoms with E-state index in [1.165, 1.54) is 21.8 Å². The third-order valence-electron chi connectivity index (χ3n) is 3.12. The second-order valence-electron chi connectivity index (χ2n) is 5.01. The third-order valence-corrected chi connectivity index (χ3v) is 3.12. The summed E-state index contributed by atoms with van der Waals surface area (Å²) in [7, 11) is 3.25. The number of nitrogen functional groups attached to an aromatic ring is 1. The highest BCUT2D eigenvalue weighted by Gasteiger charge is 2.30. The van der Waals surface area contributed by atoms with Gasteiger partial charge in [0.2, 0.25) is 5.91 Å². The van der Waals surface area contributed by atoms with E-state index in [1.807, 2.05) is 0 Å². The average Bonchev–Trinajstić information content (AvgIpc) is 2.85. The fourth-order valence-corrected chi connectivity index (χ4v) is 1.87. The molecule has 2 rings (SSSR count). The Morgan fingerprint density at radius 1 is 1.36 bits per heavy atom. The Morgan fingerprint density at radius 3 is 2.59 bits per heavy atom. The van der Waals surface area contributed by atoms with Crippen LogP contribution in [-0.2, 0) is 17.5 Å². The normalized spacial score (nSPS) is 11.5. The van der Waals surface area contributed by atoms with Gasteiger partial charge in [-0.25, -0.2) is 0 Å². The van der Waals surface area contributed by atoms with Crippen molar-refractivity contribution in [2.75, 3.05) is 19.8 Å². The lowest BCUT2D eigenvalue weighted by atomic mass is 10.0. The van der Waals surface area contributed by atoms with Crippen molar-refractivity contribution in [3.63, 3.8) is 0 Å². The Kier molecular flexibility index (Phi) is 4.11. The number of amides is 1. The molecule has 0 aliphatic carbocycles. The fraction of sp³-hybridized carbons (Fsp3) is 0.286. The Labute approximate surface area is 125 Å². The number of nitrogens with zero attached hydrogens (tertiary/aromatic N) is 3. The number of carbonyl (C=O) groups excluding carboxylic acids is 1. The van der Waals surface area contributed by atoms with Gasteiger partial charge in [-0.1, -0.05) is 6.07 Å². The molecule has 0 spiro atoms. The minimum Gasteiger partial charge on any atom is -0.398 e. The fourth-order valence-electron chi connectivity index (χ4n) is 1.87. The number of alkyl halides is 3. The summed E-state index contributed by atoms with van der Waals surface area (Å²) >= 11 is 0. The van der Waals surface area contributed by atoms with Crippen LogP contribution >= 0.6 is 0 Å². The van der Waals surface area contributed by atoms with Crippen LogP contribution in [0.1, 0.15) is 5.56 Å². The molecule has 0 aliphatic rings. The zero-order chi connectivity index (χ0) is 16.5. The number of anilines is 1. The maximum Gasteiger partial charge on any atom is 0.416 e. The molecule has 5 nitrogen and oxygen atoms in total. The molecule has 0 radical (unpaired) electrons. The topological polar surface area (TPSA) is 64.2 Å². The summed E-state index contributed by atoms with van der Waals surface area (Å²) in [6.45, 7) is 0.0491. The lowest BCUT2D eigenvalue weighted by molar-refractivity contribution is -0.137. The van der Waals surface area contributed by atoms with Crippen LogP contribution in [0.2, 0.25) is 0 Å². The van der Waals surface area contributed by atoms with Crippen LogP contribution < -0.4 is 5.73 Å². The number of rotatable bonds is 3. The molecule has 0 atom stereocenters. The first-order valence-corrected chi connectivity index (χ1v) is 6.38. The summed E-state index contributed by atoms with van der Waals surface area (Å²) in [5.41, 5.74) is 5.90. The summed E-state index contributed by atoms with van der Waals surface area (Å²) in [6, 6.07) is 3.15. The van der Waals surface area contributed by atoms with Gasteiger partial charge < -0.3 is 10.6 Å². The molecule has 0 bridgehead atoms. The smallest absolute Gasteiger partial charge is 0.398 e. The zero-order valence-electron chi connectivity index (χ0n) is 12.1. The summed E-state index contributed by atoms with van der Waals surface area (Å²) in [5, 5.41) is 4.02. The minimum absolute atomic E-state index is 0.00770. The van der Waals surface area contributed by atoms with E-state index in [2.05, 4.69) is 5.10 Å². The second-order valence-corrected chi connectivity index (χ2v) is 5.01. The number of halogens is 3. The van der Waals surface area contributed by atoms with Gasteiger partial charge in [0.1, 0.15) is 6.54 Å². The Bertz CT molecular complexity index is 692. The quantitative estimate of drug-likeness (QED) is 0.884. The molecule has 1 aromatic carbocycles. The van der Waals surface area contributed by atoms with E-state index in [4.69, 9.17) is 5.73 Å². The maximum atomic E-state index is 12.6. The summed E-state index contributed by atoms with van der Waals surface area (Å²) in [6.07, 6.45) is -1.41. The van der Waals surface area contributed by atoms with E-state index in [0.29, 0.717) is 11.1 Å². The van der Waals surface area contributed by atoms with Gasteiger partial charge in [-0.3, -0.25) is 9.48 Å². The monoisotopic (exact) mass is 312 g/mol. The molecule has 1 aromatic heterocycles. The number of nitrogens with two attached hydrogens (primary N) is 1. The Morgan fingerprint density at radius 2 is 2.05 bits per heavy atom. The van der Waals surface area contributed by atoms with Crippen LogP contribution in [0.25, 0.3) is 11.1 Å². The van der Waals surface area contributed by atoms with Gasteiger partial charge in [-0.15, -0.1) is 0 Å².